The van der Waals surface area contributed by atoms with Gasteiger partial charge in [-0.05, 0) is 51.7 Å². The van der Waals surface area contributed by atoms with E-state index in [1.54, 1.807) is 29.3 Å². The van der Waals surface area contributed by atoms with E-state index in [0.29, 0.717) is 24.7 Å². The van der Waals surface area contributed by atoms with E-state index >= 15 is 0 Å². The van der Waals surface area contributed by atoms with Gasteiger partial charge in [-0.25, -0.2) is 4.79 Å². The Morgan fingerprint density at radius 3 is 2.83 bits per heavy atom. The summed E-state index contributed by atoms with van der Waals surface area (Å²) < 4.78 is 5.43. The van der Waals surface area contributed by atoms with Crippen LogP contribution in [0.4, 0.5) is 4.79 Å². The van der Waals surface area contributed by atoms with E-state index < -0.39 is 5.60 Å². The van der Waals surface area contributed by atoms with Crippen LogP contribution in [0.25, 0.3) is 0 Å². The number of carbonyl (C=O) groups excluding carboxylic acids is 2. The second-order valence-electron chi connectivity index (χ2n) is 7.20. The molecular weight excluding hydrogens is 306 g/mol. The molecule has 1 amide bonds. The van der Waals surface area contributed by atoms with Crippen LogP contribution in [0.2, 0.25) is 0 Å². The van der Waals surface area contributed by atoms with E-state index in [9.17, 15) is 9.59 Å². The minimum absolute atomic E-state index is 0.0181. The highest BCUT2D eigenvalue weighted by Crippen LogP contribution is 2.18. The zero-order valence-corrected chi connectivity index (χ0v) is 14.7. The topological polar surface area (TPSA) is 71.5 Å². The lowest BCUT2D eigenvalue weighted by Crippen LogP contribution is -2.45. The first-order valence-electron chi connectivity index (χ1n) is 8.48. The van der Waals surface area contributed by atoms with E-state index in [1.807, 2.05) is 20.8 Å². The van der Waals surface area contributed by atoms with Crippen molar-refractivity contribution < 1.29 is 14.3 Å². The van der Waals surface area contributed by atoms with E-state index in [0.717, 1.165) is 19.4 Å². The molecule has 0 aromatic carbocycles. The number of nitrogens with zero attached hydrogens (tertiary/aromatic N) is 2. The van der Waals surface area contributed by atoms with Gasteiger partial charge in [0.05, 0.1) is 6.54 Å². The molecule has 1 saturated heterocycles. The fraction of sp³-hybridized carbons (Fsp3) is 0.611. The highest BCUT2D eigenvalue weighted by atomic mass is 16.6. The molecule has 0 spiro atoms. The smallest absolute Gasteiger partial charge is 0.410 e. The molecule has 1 aliphatic heterocycles. The number of piperidine rings is 1. The summed E-state index contributed by atoms with van der Waals surface area (Å²) in [5.41, 5.74) is 0.00113. The molecule has 6 nitrogen and oxygen atoms in total. The van der Waals surface area contributed by atoms with E-state index in [2.05, 4.69) is 10.3 Å². The third-order valence-corrected chi connectivity index (χ3v) is 3.84. The maximum atomic E-state index is 12.1. The van der Waals surface area contributed by atoms with E-state index in [1.165, 1.54) is 0 Å². The van der Waals surface area contributed by atoms with Crippen molar-refractivity contribution in [2.45, 2.75) is 39.2 Å². The largest absolute Gasteiger partial charge is 0.444 e. The zero-order chi connectivity index (χ0) is 17.6. The Bertz CT molecular complexity index is 554. The second-order valence-corrected chi connectivity index (χ2v) is 7.20. The molecule has 0 saturated carbocycles. The summed E-state index contributed by atoms with van der Waals surface area (Å²) in [4.78, 5) is 30.0. The van der Waals surface area contributed by atoms with Gasteiger partial charge in [0.15, 0.2) is 5.78 Å². The fourth-order valence-electron chi connectivity index (χ4n) is 2.73. The van der Waals surface area contributed by atoms with Gasteiger partial charge in [-0.2, -0.15) is 0 Å². The molecule has 1 fully saturated rings. The van der Waals surface area contributed by atoms with Crippen LogP contribution in [-0.2, 0) is 4.74 Å². The van der Waals surface area contributed by atoms with Crippen molar-refractivity contribution in [2.75, 3.05) is 26.2 Å². The molecule has 2 rings (SSSR count). The number of nitrogens with one attached hydrogen (secondary N) is 1. The number of hydrogen-bond donors (Lipinski definition) is 1. The Morgan fingerprint density at radius 2 is 2.17 bits per heavy atom. The lowest BCUT2D eigenvalue weighted by atomic mass is 9.98. The summed E-state index contributed by atoms with van der Waals surface area (Å²) in [5, 5.41) is 3.19. The SMILES string of the molecule is CC(C)(C)OC(=O)N1CCC[C@@H](CNCC(=O)c2ccccn2)C1. The quantitative estimate of drug-likeness (QED) is 0.838. The molecule has 0 unspecified atom stereocenters. The third kappa shape index (κ3) is 5.92. The molecule has 132 valence electrons. The number of pyridine rings is 1. The van der Waals surface area contributed by atoms with Crippen LogP contribution in [0.1, 0.15) is 44.1 Å². The molecule has 1 aromatic rings. The van der Waals surface area contributed by atoms with Crippen molar-refractivity contribution in [1.29, 1.82) is 0 Å². The molecule has 2 heterocycles. The van der Waals surface area contributed by atoms with Gasteiger partial charge in [0, 0.05) is 25.8 Å². The minimum Gasteiger partial charge on any atom is -0.444 e. The molecule has 1 atom stereocenters. The van der Waals surface area contributed by atoms with Crippen molar-refractivity contribution in [3.8, 4) is 0 Å². The molecule has 24 heavy (non-hydrogen) atoms. The van der Waals surface area contributed by atoms with Crippen LogP contribution in [0, 0.1) is 5.92 Å². The first kappa shape index (κ1) is 18.4. The van der Waals surface area contributed by atoms with Gasteiger partial charge < -0.3 is 15.0 Å². The van der Waals surface area contributed by atoms with Crippen molar-refractivity contribution in [3.63, 3.8) is 0 Å². The first-order chi connectivity index (χ1) is 11.3. The van der Waals surface area contributed by atoms with Crippen molar-refractivity contribution in [1.82, 2.24) is 15.2 Å². The molecule has 6 heteroatoms. The summed E-state index contributed by atoms with van der Waals surface area (Å²) in [6, 6.07) is 5.31. The van der Waals surface area contributed by atoms with Crippen LogP contribution in [-0.4, -0.2) is 53.5 Å². The number of rotatable bonds is 5. The summed E-state index contributed by atoms with van der Waals surface area (Å²) in [5.74, 6) is 0.318. The van der Waals surface area contributed by atoms with Crippen molar-refractivity contribution in [2.24, 2.45) is 5.92 Å². The number of likely N-dealkylation sites (tertiary alicyclic amines) is 1. The number of amides is 1. The lowest BCUT2D eigenvalue weighted by molar-refractivity contribution is 0.0166. The summed E-state index contributed by atoms with van der Waals surface area (Å²) in [7, 11) is 0. The van der Waals surface area contributed by atoms with E-state index in [4.69, 9.17) is 4.74 Å². The van der Waals surface area contributed by atoms with Gasteiger partial charge in [0.25, 0.3) is 0 Å². The number of ether oxygens (including phenoxy) is 1. The summed E-state index contributed by atoms with van der Waals surface area (Å²) in [6.45, 7) is 7.99. The minimum atomic E-state index is -0.475. The normalized spacial score (nSPS) is 18.3. The van der Waals surface area contributed by atoms with Gasteiger partial charge in [-0.15, -0.1) is 0 Å². The standard InChI is InChI=1S/C18H27N3O3/c1-18(2,3)24-17(23)21-10-6-7-14(13-21)11-19-12-16(22)15-8-4-5-9-20-15/h4-5,8-9,14,19H,6-7,10-13H2,1-3H3/t14-/m0/s1. The lowest BCUT2D eigenvalue weighted by Gasteiger charge is -2.34. The van der Waals surface area contributed by atoms with Gasteiger partial charge >= 0.3 is 6.09 Å². The summed E-state index contributed by atoms with van der Waals surface area (Å²) in [6.07, 6.45) is 3.37. The Labute approximate surface area is 143 Å². The van der Waals surface area contributed by atoms with Crippen LogP contribution in [0.5, 0.6) is 0 Å². The highest BCUT2D eigenvalue weighted by molar-refractivity contribution is 5.95. The van der Waals surface area contributed by atoms with Gasteiger partial charge in [0.1, 0.15) is 11.3 Å². The van der Waals surface area contributed by atoms with Gasteiger partial charge in [-0.1, -0.05) is 6.07 Å². The molecular formula is C18H27N3O3. The molecule has 1 N–H and O–H groups in total. The predicted molar refractivity (Wildman–Crippen MR) is 92.0 cm³/mol. The Kier molecular flexibility index (Phi) is 6.31. The average molecular weight is 333 g/mol. The number of aromatic nitrogens is 1. The summed E-state index contributed by atoms with van der Waals surface area (Å²) >= 11 is 0. The monoisotopic (exact) mass is 333 g/mol. The molecule has 0 aliphatic carbocycles. The Balaban J connectivity index is 1.75. The van der Waals surface area contributed by atoms with Gasteiger partial charge in [0.2, 0.25) is 0 Å². The Morgan fingerprint density at radius 1 is 1.38 bits per heavy atom. The van der Waals surface area contributed by atoms with Gasteiger partial charge in [-0.3, -0.25) is 9.78 Å². The Hall–Kier alpha value is -1.95. The maximum Gasteiger partial charge on any atom is 0.410 e. The number of hydrogen-bond acceptors (Lipinski definition) is 5. The third-order valence-electron chi connectivity index (χ3n) is 3.84. The number of Topliss-reactive ketones (excluding diaryl/α,β-unsaturated/α-hetero) is 1. The van der Waals surface area contributed by atoms with Crippen LogP contribution >= 0.6 is 0 Å². The molecule has 1 aliphatic rings. The van der Waals surface area contributed by atoms with Crippen LogP contribution < -0.4 is 5.32 Å². The van der Waals surface area contributed by atoms with E-state index in [-0.39, 0.29) is 18.4 Å². The zero-order valence-electron chi connectivity index (χ0n) is 14.7. The second kappa shape index (κ2) is 8.24. The molecule has 0 bridgehead atoms. The average Bonchev–Trinajstić information content (AvgIpc) is 2.54. The predicted octanol–water partition coefficient (Wildman–Crippen LogP) is 2.50. The highest BCUT2D eigenvalue weighted by Gasteiger charge is 2.27. The maximum absolute atomic E-state index is 12.1. The number of ketones is 1. The van der Waals surface area contributed by atoms with Crippen molar-refractivity contribution >= 4 is 11.9 Å². The van der Waals surface area contributed by atoms with Crippen LogP contribution in [0.15, 0.2) is 24.4 Å². The fourth-order valence-corrected chi connectivity index (χ4v) is 2.73. The van der Waals surface area contributed by atoms with Crippen LogP contribution in [0.3, 0.4) is 0 Å². The first-order valence-corrected chi connectivity index (χ1v) is 8.48. The van der Waals surface area contributed by atoms with Crippen molar-refractivity contribution in [3.05, 3.63) is 30.1 Å². The molecule has 0 radical (unpaired) electrons. The number of carbonyl (C=O) groups is 2. The molecule has 1 aromatic heterocycles.